The van der Waals surface area contributed by atoms with Crippen molar-refractivity contribution in [1.82, 2.24) is 0 Å². The molecule has 0 N–H and O–H groups in total. The third kappa shape index (κ3) is 1.13. The molecule has 0 aliphatic carbocycles. The number of thioether (sulfide) groups is 1. The highest BCUT2D eigenvalue weighted by Crippen LogP contribution is 2.32. The maximum Gasteiger partial charge on any atom is 0.117 e. The van der Waals surface area contributed by atoms with Crippen molar-refractivity contribution in [2.24, 2.45) is 0 Å². The smallest absolute Gasteiger partial charge is 0.117 e. The second kappa shape index (κ2) is 2.53. The maximum absolute atomic E-state index is 2.41. The van der Waals surface area contributed by atoms with Crippen molar-refractivity contribution in [2.75, 3.05) is 25.6 Å². The molecule has 2 aliphatic rings. The molecule has 2 rings (SSSR count). The molecule has 0 aromatic heterocycles. The second-order valence-corrected chi connectivity index (χ2v) is 5.13. The van der Waals surface area contributed by atoms with Gasteiger partial charge in [0.2, 0.25) is 0 Å². The maximum atomic E-state index is 2.41. The van der Waals surface area contributed by atoms with Gasteiger partial charge in [0, 0.05) is 17.9 Å². The molecule has 1 nitrogen and oxygen atoms in total. The Morgan fingerprint density at radius 2 is 2.18 bits per heavy atom. The van der Waals surface area contributed by atoms with Gasteiger partial charge in [0.1, 0.15) is 12.1 Å². The first kappa shape index (κ1) is 7.69. The first-order valence-corrected chi connectivity index (χ1v) is 5.44. The van der Waals surface area contributed by atoms with Crippen LogP contribution < -0.4 is 0 Å². The highest BCUT2D eigenvalue weighted by Gasteiger charge is 2.40. The molecule has 11 heavy (non-hydrogen) atoms. The van der Waals surface area contributed by atoms with Gasteiger partial charge in [-0.1, -0.05) is 6.08 Å². The first-order valence-electron chi connectivity index (χ1n) is 4.29. The SMILES string of the molecule is C[N+]1(C)C2C=CCC1CSC2. The van der Waals surface area contributed by atoms with Gasteiger partial charge in [0.05, 0.1) is 14.1 Å². The van der Waals surface area contributed by atoms with Crippen LogP contribution in [0.4, 0.5) is 0 Å². The molecule has 2 aliphatic heterocycles. The van der Waals surface area contributed by atoms with Crippen LogP contribution in [0.15, 0.2) is 12.2 Å². The summed E-state index contributed by atoms with van der Waals surface area (Å²) >= 11 is 2.12. The van der Waals surface area contributed by atoms with E-state index in [-0.39, 0.29) is 0 Å². The first-order chi connectivity index (χ1) is 5.21. The molecule has 2 bridgehead atoms. The van der Waals surface area contributed by atoms with Gasteiger partial charge in [-0.25, -0.2) is 0 Å². The van der Waals surface area contributed by atoms with Crippen LogP contribution in [0.2, 0.25) is 0 Å². The highest BCUT2D eigenvalue weighted by molar-refractivity contribution is 7.99. The Labute approximate surface area is 73.1 Å². The lowest BCUT2D eigenvalue weighted by molar-refractivity contribution is -0.929. The van der Waals surface area contributed by atoms with Crippen molar-refractivity contribution >= 4 is 11.8 Å². The van der Waals surface area contributed by atoms with E-state index in [9.17, 15) is 0 Å². The summed E-state index contributed by atoms with van der Waals surface area (Å²) in [7, 11) is 4.75. The van der Waals surface area contributed by atoms with Crippen molar-refractivity contribution < 1.29 is 4.48 Å². The number of hydrogen-bond donors (Lipinski definition) is 0. The van der Waals surface area contributed by atoms with E-state index in [0.717, 1.165) is 12.1 Å². The van der Waals surface area contributed by atoms with E-state index in [0.29, 0.717) is 0 Å². The Morgan fingerprint density at radius 1 is 1.36 bits per heavy atom. The van der Waals surface area contributed by atoms with Gasteiger partial charge in [-0.15, -0.1) is 11.8 Å². The monoisotopic (exact) mass is 170 g/mol. The van der Waals surface area contributed by atoms with Crippen LogP contribution in [0.25, 0.3) is 0 Å². The van der Waals surface area contributed by atoms with Gasteiger partial charge in [-0.3, -0.25) is 0 Å². The van der Waals surface area contributed by atoms with Gasteiger partial charge < -0.3 is 4.48 Å². The van der Waals surface area contributed by atoms with Gasteiger partial charge in [0.25, 0.3) is 0 Å². The fraction of sp³-hybridized carbons (Fsp3) is 0.778. The summed E-state index contributed by atoms with van der Waals surface area (Å²) in [6.07, 6.45) is 6.07. The van der Waals surface area contributed by atoms with Gasteiger partial charge in [-0.2, -0.15) is 0 Å². The summed E-state index contributed by atoms with van der Waals surface area (Å²) in [6.45, 7) is 0. The van der Waals surface area contributed by atoms with Crippen LogP contribution in [-0.4, -0.2) is 42.2 Å². The Hall–Kier alpha value is 0.0500. The van der Waals surface area contributed by atoms with Gasteiger partial charge >= 0.3 is 0 Å². The van der Waals surface area contributed by atoms with Crippen LogP contribution in [-0.2, 0) is 0 Å². The molecule has 62 valence electrons. The number of nitrogens with zero attached hydrogens (tertiary/aromatic N) is 1. The van der Waals surface area contributed by atoms with Crippen LogP contribution in [0.1, 0.15) is 6.42 Å². The lowest BCUT2D eigenvalue weighted by Gasteiger charge is -2.48. The minimum Gasteiger partial charge on any atom is -0.319 e. The van der Waals surface area contributed by atoms with Crippen molar-refractivity contribution in [2.45, 2.75) is 18.5 Å². The third-order valence-corrected chi connectivity index (χ3v) is 4.36. The number of hydrogen-bond acceptors (Lipinski definition) is 1. The molecule has 0 amide bonds. The zero-order valence-corrected chi connectivity index (χ0v) is 8.10. The second-order valence-electron chi connectivity index (χ2n) is 4.05. The topological polar surface area (TPSA) is 0 Å². The Balaban J connectivity index is 2.28. The molecule has 2 atom stereocenters. The fourth-order valence-electron chi connectivity index (χ4n) is 1.99. The van der Waals surface area contributed by atoms with E-state index >= 15 is 0 Å². The number of quaternary nitrogens is 1. The summed E-state index contributed by atoms with van der Waals surface area (Å²) < 4.78 is 1.23. The van der Waals surface area contributed by atoms with Crippen LogP contribution in [0.3, 0.4) is 0 Å². The standard InChI is InChI=1S/C9H16NS/c1-10(2)8-4-3-5-9(10)7-11-6-8/h3-4,8-9H,5-7H2,1-2H3/q+1. The van der Waals surface area contributed by atoms with E-state index < -0.39 is 0 Å². The molecular formula is C9H16NS+. The molecule has 0 aromatic rings. The lowest BCUT2D eigenvalue weighted by atomic mass is 10.0. The Kier molecular flexibility index (Phi) is 1.77. The van der Waals surface area contributed by atoms with Crippen molar-refractivity contribution in [3.63, 3.8) is 0 Å². The van der Waals surface area contributed by atoms with Gasteiger partial charge in [0.15, 0.2) is 0 Å². The quantitative estimate of drug-likeness (QED) is 0.392. The van der Waals surface area contributed by atoms with Crippen molar-refractivity contribution in [3.05, 3.63) is 12.2 Å². The number of likely N-dealkylation sites (N-methyl/N-ethyl adjacent to an activating group) is 1. The molecule has 0 aromatic carbocycles. The van der Waals surface area contributed by atoms with Crippen molar-refractivity contribution in [1.29, 1.82) is 0 Å². The summed E-state index contributed by atoms with van der Waals surface area (Å²) in [4.78, 5) is 0. The predicted octanol–water partition coefficient (Wildman–Crippen LogP) is 1.51. The Morgan fingerprint density at radius 3 is 2.82 bits per heavy atom. The van der Waals surface area contributed by atoms with Crippen LogP contribution in [0.5, 0.6) is 0 Å². The minimum atomic E-state index is 0.785. The Bertz CT molecular complexity index is 186. The van der Waals surface area contributed by atoms with Crippen LogP contribution in [0, 0.1) is 0 Å². The predicted molar refractivity (Wildman–Crippen MR) is 50.8 cm³/mol. The van der Waals surface area contributed by atoms with E-state index in [2.05, 4.69) is 38.0 Å². The van der Waals surface area contributed by atoms with E-state index in [1.54, 1.807) is 0 Å². The zero-order valence-electron chi connectivity index (χ0n) is 7.29. The normalized spacial score (nSPS) is 40.5. The van der Waals surface area contributed by atoms with E-state index in [1.807, 2.05) is 0 Å². The summed E-state index contributed by atoms with van der Waals surface area (Å²) in [5, 5.41) is 0. The summed E-state index contributed by atoms with van der Waals surface area (Å²) in [6, 6.07) is 1.66. The molecule has 2 heterocycles. The van der Waals surface area contributed by atoms with E-state index in [4.69, 9.17) is 0 Å². The third-order valence-electron chi connectivity index (χ3n) is 3.16. The van der Waals surface area contributed by atoms with E-state index in [1.165, 1.54) is 22.4 Å². The minimum absolute atomic E-state index is 0.785. The molecule has 1 fully saturated rings. The number of fused-ring (bicyclic) bond motifs is 2. The summed E-state index contributed by atoms with van der Waals surface area (Å²) in [5.41, 5.74) is 0. The molecule has 0 saturated carbocycles. The number of rotatable bonds is 0. The lowest BCUT2D eigenvalue weighted by Crippen LogP contribution is -2.61. The fourth-order valence-corrected chi connectivity index (χ4v) is 3.65. The average molecular weight is 170 g/mol. The molecular weight excluding hydrogens is 154 g/mol. The van der Waals surface area contributed by atoms with Crippen LogP contribution >= 0.6 is 11.8 Å². The molecule has 0 spiro atoms. The molecule has 1 saturated heterocycles. The largest absolute Gasteiger partial charge is 0.319 e. The van der Waals surface area contributed by atoms with Crippen molar-refractivity contribution in [3.8, 4) is 0 Å². The molecule has 2 unspecified atom stereocenters. The molecule has 0 radical (unpaired) electrons. The molecule has 2 heteroatoms. The zero-order chi connectivity index (χ0) is 7.90. The van der Waals surface area contributed by atoms with Gasteiger partial charge in [-0.05, 0) is 6.08 Å². The average Bonchev–Trinajstić information content (AvgIpc) is 1.82. The summed E-state index contributed by atoms with van der Waals surface area (Å²) in [5.74, 6) is 2.67. The highest BCUT2D eigenvalue weighted by atomic mass is 32.2.